The Labute approximate surface area is 361 Å². The molecule has 1 unspecified atom stereocenters. The highest BCUT2D eigenvalue weighted by Gasteiger charge is 2.50. The maximum absolute atomic E-state index is 10.7. The van der Waals surface area contributed by atoms with E-state index in [1.54, 1.807) is 6.20 Å². The normalized spacial score (nSPS) is 39.9. The highest BCUT2D eigenvalue weighted by Crippen LogP contribution is 2.31. The monoisotopic (exact) mass is 925 g/mol. The van der Waals surface area contributed by atoms with Crippen LogP contribution in [0.2, 0.25) is 0 Å². The number of aliphatic hydroxyl groups is 11. The predicted molar refractivity (Wildman–Crippen MR) is 197 cm³/mol. The zero-order valence-electron chi connectivity index (χ0n) is 33.4. The zero-order chi connectivity index (χ0) is 45.1. The van der Waals surface area contributed by atoms with Gasteiger partial charge in [0.25, 0.3) is 0 Å². The lowest BCUT2D eigenvalue weighted by Gasteiger charge is -2.40. The topological polar surface area (TPSA) is 388 Å². The van der Waals surface area contributed by atoms with Crippen LogP contribution in [0.3, 0.4) is 0 Å². The van der Waals surface area contributed by atoms with Crippen LogP contribution in [0.25, 0.3) is 0 Å². The Morgan fingerprint density at radius 1 is 0.508 bits per heavy atom. The van der Waals surface area contributed by atoms with Crippen LogP contribution in [-0.4, -0.2) is 230 Å². The van der Waals surface area contributed by atoms with E-state index < -0.39 is 123 Å². The maximum Gasteiger partial charge on any atom is 0.189 e. The summed E-state index contributed by atoms with van der Waals surface area (Å²) in [7, 11) is 0. The highest BCUT2D eigenvalue weighted by molar-refractivity contribution is 6.21. The highest BCUT2D eigenvalue weighted by atomic mass is 35.5. The first-order chi connectivity index (χ1) is 30.1. The molecule has 63 heavy (non-hydrogen) atoms. The molecule has 4 saturated heterocycles. The van der Waals surface area contributed by atoms with Gasteiger partial charge < -0.3 is 94.1 Å². The summed E-state index contributed by atoms with van der Waals surface area (Å²) in [4.78, 5) is 0. The minimum atomic E-state index is -1.71. The van der Waals surface area contributed by atoms with Gasteiger partial charge in [0.1, 0.15) is 103 Å². The number of aromatic nitrogens is 9. The van der Waals surface area contributed by atoms with Gasteiger partial charge in [-0.1, -0.05) is 15.6 Å². The minimum Gasteiger partial charge on any atom is -0.394 e. The fourth-order valence-electron chi connectivity index (χ4n) is 7.25. The van der Waals surface area contributed by atoms with Gasteiger partial charge in [0.05, 0.1) is 70.0 Å². The number of halogens is 1. The number of rotatable bonds is 18. The minimum absolute atomic E-state index is 0.0254. The van der Waals surface area contributed by atoms with Crippen molar-refractivity contribution in [2.75, 3.05) is 13.2 Å². The van der Waals surface area contributed by atoms with Gasteiger partial charge in [0, 0.05) is 6.61 Å². The molecule has 28 nitrogen and oxygen atoms in total. The standard InChI is InChI=1S/C34H52ClN9O19/c1-2-56-10-13-3-42(39-36-13)6-16-21(46)25(50)29(54)31(59-16)57-11-14-4-43(40-37-14)7-17-22(47)26(51)30(55)32(60-17)58-12-15-5-44(41-38-15)8-18-23(48)27(52)33(61-18)63-34-28(53)24(49)20(35)19(9-45)62-34/h3-5,16-34,45-55H,2,6-12H2,1H3/t16-,17-,18-,19-,20+,21-,22-,23-,24+,25+,26+,27+,28-,29+,30+,31+,32+,33?,34-/m1/s1. The molecule has 0 bridgehead atoms. The molecule has 0 saturated carbocycles. The Kier molecular flexibility index (Phi) is 16.0. The van der Waals surface area contributed by atoms with Gasteiger partial charge >= 0.3 is 0 Å². The molecule has 0 radical (unpaired) electrons. The summed E-state index contributed by atoms with van der Waals surface area (Å²) in [5.41, 5.74) is 0.978. The number of ether oxygens (including phenoxy) is 8. The van der Waals surface area contributed by atoms with Gasteiger partial charge in [-0.05, 0) is 6.92 Å². The van der Waals surface area contributed by atoms with Crippen LogP contribution in [0.1, 0.15) is 24.0 Å². The molecule has 4 aliphatic heterocycles. The predicted octanol–water partition coefficient (Wildman–Crippen LogP) is -7.44. The zero-order valence-corrected chi connectivity index (χ0v) is 34.2. The molecule has 0 aliphatic carbocycles. The van der Waals surface area contributed by atoms with E-state index >= 15 is 0 Å². The smallest absolute Gasteiger partial charge is 0.189 e. The molecule has 11 N–H and O–H groups in total. The SMILES string of the molecule is CCOCc1cn(C[C@H]2O[C@H](OCc3cn(C[C@H]4O[C@H](OCc5cn(C[C@H]6OC(O[C@H]7O[C@H](CO)[C@H](Cl)[C@H](O)[C@H]7O)[C@@H](O)[C@@H]6O)nn5)[C@@H](O)[C@@H](O)[C@@H]4O)nn3)[C@@H](O)[C@@H](O)[C@@H]2O)nn1. The molecular formula is C34H52ClN9O19. The fraction of sp³-hybridized carbons (Fsp3) is 0.824. The summed E-state index contributed by atoms with van der Waals surface area (Å²) in [5.74, 6) is 0. The average molecular weight is 926 g/mol. The number of alkyl halides is 1. The Hall–Kier alpha value is -3.05. The van der Waals surface area contributed by atoms with Crippen molar-refractivity contribution in [3.63, 3.8) is 0 Å². The summed E-state index contributed by atoms with van der Waals surface area (Å²) < 4.78 is 48.7. The first kappa shape index (κ1) is 47.9. The first-order valence-electron chi connectivity index (χ1n) is 20.0. The van der Waals surface area contributed by atoms with E-state index in [1.807, 2.05) is 6.92 Å². The molecule has 3 aromatic rings. The molecule has 7 rings (SSSR count). The maximum atomic E-state index is 10.7. The molecular weight excluding hydrogens is 874 g/mol. The van der Waals surface area contributed by atoms with E-state index in [2.05, 4.69) is 30.9 Å². The third-order valence-electron chi connectivity index (χ3n) is 10.8. The van der Waals surface area contributed by atoms with E-state index in [4.69, 9.17) is 49.5 Å². The number of aliphatic hydroxyl groups excluding tert-OH is 11. The van der Waals surface area contributed by atoms with Crippen LogP contribution in [0.15, 0.2) is 18.6 Å². The second kappa shape index (κ2) is 21.1. The van der Waals surface area contributed by atoms with Crippen LogP contribution in [0.4, 0.5) is 0 Å². The van der Waals surface area contributed by atoms with Crippen molar-refractivity contribution >= 4 is 11.6 Å². The lowest BCUT2D eigenvalue weighted by Crippen LogP contribution is -2.59. The number of hydrogen-bond acceptors (Lipinski definition) is 25. The molecule has 4 fully saturated rings. The molecule has 29 heteroatoms. The van der Waals surface area contributed by atoms with Crippen LogP contribution >= 0.6 is 11.6 Å². The summed E-state index contributed by atoms with van der Waals surface area (Å²) in [6, 6.07) is 0. The van der Waals surface area contributed by atoms with Crippen molar-refractivity contribution < 1.29 is 94.1 Å². The first-order valence-corrected chi connectivity index (χ1v) is 20.4. The van der Waals surface area contributed by atoms with Gasteiger partial charge in [0.2, 0.25) is 0 Å². The van der Waals surface area contributed by atoms with Crippen LogP contribution in [0.5, 0.6) is 0 Å². The van der Waals surface area contributed by atoms with Gasteiger partial charge in [-0.3, -0.25) is 0 Å². The Morgan fingerprint density at radius 3 is 1.30 bits per heavy atom. The van der Waals surface area contributed by atoms with Crippen LogP contribution in [-0.2, 0) is 77.3 Å². The largest absolute Gasteiger partial charge is 0.394 e. The van der Waals surface area contributed by atoms with E-state index in [0.717, 1.165) is 0 Å². The van der Waals surface area contributed by atoms with E-state index in [-0.39, 0.29) is 50.8 Å². The van der Waals surface area contributed by atoms with Crippen molar-refractivity contribution in [3.8, 4) is 0 Å². The Balaban J connectivity index is 0.881. The van der Waals surface area contributed by atoms with Crippen molar-refractivity contribution in [2.24, 2.45) is 0 Å². The molecule has 3 aromatic heterocycles. The molecule has 0 spiro atoms. The summed E-state index contributed by atoms with van der Waals surface area (Å²) in [5, 5.41) is 138. The van der Waals surface area contributed by atoms with Crippen molar-refractivity contribution in [2.45, 2.75) is 162 Å². The van der Waals surface area contributed by atoms with Gasteiger partial charge in [-0.25, -0.2) is 14.0 Å². The van der Waals surface area contributed by atoms with E-state index in [9.17, 15) is 56.2 Å². The quantitative estimate of drug-likeness (QED) is 0.0528. The lowest BCUT2D eigenvalue weighted by molar-refractivity contribution is -0.322. The van der Waals surface area contributed by atoms with Crippen molar-refractivity contribution in [1.82, 2.24) is 45.0 Å². The van der Waals surface area contributed by atoms with Crippen molar-refractivity contribution in [1.29, 1.82) is 0 Å². The molecule has 4 aliphatic rings. The molecule has 19 atom stereocenters. The second-order valence-corrected chi connectivity index (χ2v) is 15.9. The number of nitrogens with zero attached hydrogens (tertiary/aromatic N) is 9. The van der Waals surface area contributed by atoms with Crippen LogP contribution in [0, 0.1) is 0 Å². The lowest BCUT2D eigenvalue weighted by atomic mass is 9.99. The summed E-state index contributed by atoms with van der Waals surface area (Å²) in [6.45, 7) is 1.00. The molecule has 0 aromatic carbocycles. The van der Waals surface area contributed by atoms with Gasteiger partial charge in [-0.15, -0.1) is 26.9 Å². The Bertz CT molecular complexity index is 1880. The van der Waals surface area contributed by atoms with E-state index in [0.29, 0.717) is 12.3 Å². The van der Waals surface area contributed by atoms with E-state index in [1.165, 1.54) is 26.4 Å². The summed E-state index contributed by atoms with van der Waals surface area (Å²) in [6.07, 6.45) is -21.9. The Morgan fingerprint density at radius 2 is 0.873 bits per heavy atom. The van der Waals surface area contributed by atoms with Gasteiger partial charge in [0.15, 0.2) is 25.2 Å². The number of hydrogen-bond donors (Lipinski definition) is 11. The third kappa shape index (κ3) is 11.0. The summed E-state index contributed by atoms with van der Waals surface area (Å²) >= 11 is 5.99. The second-order valence-electron chi connectivity index (χ2n) is 15.4. The van der Waals surface area contributed by atoms with Crippen molar-refractivity contribution in [3.05, 3.63) is 35.7 Å². The van der Waals surface area contributed by atoms with Gasteiger partial charge in [-0.2, -0.15) is 0 Å². The average Bonchev–Trinajstić information content (AvgIpc) is 4.09. The van der Waals surface area contributed by atoms with Crippen LogP contribution < -0.4 is 0 Å². The molecule has 354 valence electrons. The fourth-order valence-corrected chi connectivity index (χ4v) is 7.54. The third-order valence-corrected chi connectivity index (χ3v) is 11.4. The molecule has 0 amide bonds. The molecule has 7 heterocycles.